The predicted octanol–water partition coefficient (Wildman–Crippen LogP) is 2.28. The van der Waals surface area contributed by atoms with Crippen molar-refractivity contribution in [3.8, 4) is 5.88 Å². The molecule has 0 spiro atoms. The number of thiophene rings is 1. The molecule has 2 N–H and O–H groups in total. The van der Waals surface area contributed by atoms with E-state index >= 15 is 0 Å². The van der Waals surface area contributed by atoms with Crippen molar-refractivity contribution in [1.29, 1.82) is 0 Å². The Morgan fingerprint density at radius 1 is 1.32 bits per heavy atom. The molecular weight excluding hydrogens is 374 g/mol. The molecule has 0 amide bonds. The molecule has 152 valence electrons. The molecule has 1 saturated heterocycles. The van der Waals surface area contributed by atoms with Gasteiger partial charge in [-0.2, -0.15) is 0 Å². The summed E-state index contributed by atoms with van der Waals surface area (Å²) < 4.78 is 10.6. The van der Waals surface area contributed by atoms with Crippen molar-refractivity contribution in [2.75, 3.05) is 46.5 Å². The number of hydrogen-bond donors (Lipinski definition) is 2. The summed E-state index contributed by atoms with van der Waals surface area (Å²) in [6.45, 7) is 7.74. The number of methoxy groups -OCH3 is 1. The number of aromatic nitrogens is 1. The number of pyridine rings is 1. The van der Waals surface area contributed by atoms with E-state index < -0.39 is 0 Å². The highest BCUT2D eigenvalue weighted by Crippen LogP contribution is 2.25. The molecule has 3 heterocycles. The van der Waals surface area contributed by atoms with Gasteiger partial charge in [0.05, 0.1) is 32.9 Å². The SMILES string of the molecule is CCNC(=NCc1ccc(OC)nc1)NCC(c1cccs1)N1CCOCC1. The number of guanidine groups is 1. The first-order valence-corrected chi connectivity index (χ1v) is 10.5. The van der Waals surface area contributed by atoms with Crippen molar-refractivity contribution in [1.82, 2.24) is 20.5 Å². The fourth-order valence-electron chi connectivity index (χ4n) is 3.11. The van der Waals surface area contributed by atoms with Gasteiger partial charge in [-0.25, -0.2) is 9.98 Å². The van der Waals surface area contributed by atoms with Crippen molar-refractivity contribution in [3.05, 3.63) is 46.3 Å². The van der Waals surface area contributed by atoms with E-state index in [4.69, 9.17) is 14.5 Å². The van der Waals surface area contributed by atoms with E-state index in [1.807, 2.05) is 12.1 Å². The number of rotatable bonds is 8. The van der Waals surface area contributed by atoms with E-state index in [0.717, 1.165) is 50.9 Å². The van der Waals surface area contributed by atoms with Gasteiger partial charge < -0.3 is 20.1 Å². The van der Waals surface area contributed by atoms with E-state index in [2.05, 4.69) is 45.0 Å². The molecule has 0 radical (unpaired) electrons. The van der Waals surface area contributed by atoms with Crippen molar-refractivity contribution in [2.24, 2.45) is 4.99 Å². The van der Waals surface area contributed by atoms with Crippen LogP contribution in [0, 0.1) is 0 Å². The van der Waals surface area contributed by atoms with Crippen LogP contribution in [0.1, 0.15) is 23.4 Å². The second kappa shape index (κ2) is 11.0. The number of nitrogens with one attached hydrogen (secondary N) is 2. The molecule has 2 aromatic heterocycles. The summed E-state index contributed by atoms with van der Waals surface area (Å²) in [5.74, 6) is 1.43. The number of hydrogen-bond acceptors (Lipinski definition) is 6. The van der Waals surface area contributed by atoms with Gasteiger partial charge >= 0.3 is 0 Å². The minimum Gasteiger partial charge on any atom is -0.481 e. The molecule has 2 aromatic rings. The van der Waals surface area contributed by atoms with Gasteiger partial charge in [0.2, 0.25) is 5.88 Å². The van der Waals surface area contributed by atoms with Crippen LogP contribution in [0.25, 0.3) is 0 Å². The average Bonchev–Trinajstić information content (AvgIpc) is 3.28. The van der Waals surface area contributed by atoms with Crippen molar-refractivity contribution >= 4 is 17.3 Å². The van der Waals surface area contributed by atoms with Gasteiger partial charge in [-0.15, -0.1) is 11.3 Å². The molecule has 0 saturated carbocycles. The van der Waals surface area contributed by atoms with E-state index in [1.54, 1.807) is 24.6 Å². The van der Waals surface area contributed by atoms with Gasteiger partial charge in [-0.3, -0.25) is 4.90 Å². The van der Waals surface area contributed by atoms with Crippen LogP contribution in [-0.4, -0.2) is 62.3 Å². The number of nitrogens with zero attached hydrogens (tertiary/aromatic N) is 3. The van der Waals surface area contributed by atoms with Crippen LogP contribution in [0.4, 0.5) is 0 Å². The molecule has 1 aliphatic rings. The predicted molar refractivity (Wildman–Crippen MR) is 113 cm³/mol. The molecule has 0 aliphatic carbocycles. The van der Waals surface area contributed by atoms with Gasteiger partial charge in [0.15, 0.2) is 5.96 Å². The van der Waals surface area contributed by atoms with Crippen molar-refractivity contribution in [3.63, 3.8) is 0 Å². The van der Waals surface area contributed by atoms with Gasteiger partial charge in [0.25, 0.3) is 0 Å². The first-order valence-electron chi connectivity index (χ1n) is 9.66. The van der Waals surface area contributed by atoms with E-state index in [-0.39, 0.29) is 0 Å². The standard InChI is InChI=1S/C20H29N5O2S/c1-3-21-20(23-14-16-6-7-19(26-2)22-13-16)24-15-17(18-5-4-12-28-18)25-8-10-27-11-9-25/h4-7,12-13,17H,3,8-11,14-15H2,1-2H3,(H2,21,23,24). The van der Waals surface area contributed by atoms with Crippen LogP contribution in [0.3, 0.4) is 0 Å². The van der Waals surface area contributed by atoms with E-state index in [9.17, 15) is 0 Å². The minimum absolute atomic E-state index is 0.315. The highest BCUT2D eigenvalue weighted by atomic mass is 32.1. The first kappa shape index (κ1) is 20.6. The summed E-state index contributed by atoms with van der Waals surface area (Å²) in [4.78, 5) is 12.8. The third kappa shape index (κ3) is 5.92. The zero-order valence-electron chi connectivity index (χ0n) is 16.6. The van der Waals surface area contributed by atoms with Crippen LogP contribution >= 0.6 is 11.3 Å². The third-order valence-electron chi connectivity index (χ3n) is 4.59. The number of morpholine rings is 1. The third-order valence-corrected chi connectivity index (χ3v) is 5.57. The van der Waals surface area contributed by atoms with Crippen LogP contribution in [0.2, 0.25) is 0 Å². The Labute approximate surface area is 170 Å². The summed E-state index contributed by atoms with van der Waals surface area (Å²) in [7, 11) is 1.62. The Morgan fingerprint density at radius 3 is 2.82 bits per heavy atom. The molecule has 1 unspecified atom stereocenters. The normalized spacial score (nSPS) is 16.6. The summed E-state index contributed by atoms with van der Waals surface area (Å²) in [5, 5.41) is 8.99. The summed E-state index contributed by atoms with van der Waals surface area (Å²) in [6, 6.07) is 8.48. The smallest absolute Gasteiger partial charge is 0.212 e. The average molecular weight is 404 g/mol. The topological polar surface area (TPSA) is 71.0 Å². The molecule has 1 fully saturated rings. The van der Waals surface area contributed by atoms with Gasteiger partial charge in [0, 0.05) is 43.3 Å². The Morgan fingerprint density at radius 2 is 2.18 bits per heavy atom. The monoisotopic (exact) mass is 403 g/mol. The highest BCUT2D eigenvalue weighted by Gasteiger charge is 2.23. The molecule has 1 aliphatic heterocycles. The van der Waals surface area contributed by atoms with Crippen LogP contribution in [-0.2, 0) is 11.3 Å². The quantitative estimate of drug-likeness (QED) is 0.521. The number of aliphatic imine (C=N–C) groups is 1. The molecule has 1 atom stereocenters. The largest absolute Gasteiger partial charge is 0.481 e. The van der Waals surface area contributed by atoms with Crippen LogP contribution < -0.4 is 15.4 Å². The molecule has 8 heteroatoms. The van der Waals surface area contributed by atoms with Crippen LogP contribution in [0.15, 0.2) is 40.8 Å². The summed E-state index contributed by atoms with van der Waals surface area (Å²) in [6.07, 6.45) is 1.80. The van der Waals surface area contributed by atoms with Gasteiger partial charge in [-0.1, -0.05) is 12.1 Å². The zero-order chi connectivity index (χ0) is 19.6. The van der Waals surface area contributed by atoms with E-state index in [1.165, 1.54) is 4.88 Å². The highest BCUT2D eigenvalue weighted by molar-refractivity contribution is 7.10. The summed E-state index contributed by atoms with van der Waals surface area (Å²) >= 11 is 1.80. The Bertz CT molecular complexity index is 715. The van der Waals surface area contributed by atoms with Crippen molar-refractivity contribution < 1.29 is 9.47 Å². The maximum atomic E-state index is 5.53. The molecule has 0 bridgehead atoms. The fourth-order valence-corrected chi connectivity index (χ4v) is 3.97. The molecule has 7 nitrogen and oxygen atoms in total. The Kier molecular flexibility index (Phi) is 8.07. The molecule has 3 rings (SSSR count). The fraction of sp³-hybridized carbons (Fsp3) is 0.500. The van der Waals surface area contributed by atoms with Crippen molar-refractivity contribution in [2.45, 2.75) is 19.5 Å². The van der Waals surface area contributed by atoms with E-state index in [0.29, 0.717) is 18.5 Å². The lowest BCUT2D eigenvalue weighted by Gasteiger charge is -2.34. The number of ether oxygens (including phenoxy) is 2. The van der Waals surface area contributed by atoms with Crippen LogP contribution in [0.5, 0.6) is 5.88 Å². The molecular formula is C20H29N5O2S. The maximum absolute atomic E-state index is 5.53. The molecule has 0 aromatic carbocycles. The lowest BCUT2D eigenvalue weighted by molar-refractivity contribution is 0.0177. The van der Waals surface area contributed by atoms with Gasteiger partial charge in [-0.05, 0) is 23.9 Å². The Hall–Kier alpha value is -2.16. The minimum atomic E-state index is 0.315. The van der Waals surface area contributed by atoms with Gasteiger partial charge in [0.1, 0.15) is 0 Å². The lowest BCUT2D eigenvalue weighted by atomic mass is 10.2. The molecule has 28 heavy (non-hydrogen) atoms. The lowest BCUT2D eigenvalue weighted by Crippen LogP contribution is -2.46. The summed E-state index contributed by atoms with van der Waals surface area (Å²) in [5.41, 5.74) is 1.04. The Balaban J connectivity index is 1.63. The maximum Gasteiger partial charge on any atom is 0.212 e. The zero-order valence-corrected chi connectivity index (χ0v) is 17.4. The first-order chi connectivity index (χ1) is 13.8. The second-order valence-corrected chi connectivity index (χ2v) is 7.44. The second-order valence-electron chi connectivity index (χ2n) is 6.46.